The second-order valence-corrected chi connectivity index (χ2v) is 5.70. The third kappa shape index (κ3) is 3.07. The van der Waals surface area contributed by atoms with E-state index in [1.807, 2.05) is 19.9 Å². The zero-order valence-electron chi connectivity index (χ0n) is 12.0. The molecule has 4 nitrogen and oxygen atoms in total. The van der Waals surface area contributed by atoms with Crippen LogP contribution < -0.4 is 10.1 Å². The predicted molar refractivity (Wildman–Crippen MR) is 75.2 cm³/mol. The maximum absolute atomic E-state index is 10.5. The molecule has 0 spiro atoms. The minimum absolute atomic E-state index is 0.107. The van der Waals surface area contributed by atoms with Gasteiger partial charge in [-0.25, -0.2) is 0 Å². The Balaban J connectivity index is 2.15. The minimum Gasteiger partial charge on any atom is -0.485 e. The van der Waals surface area contributed by atoms with E-state index < -0.39 is 11.7 Å². The molecule has 2 heterocycles. The van der Waals surface area contributed by atoms with Crippen molar-refractivity contribution in [2.75, 3.05) is 6.54 Å². The highest BCUT2D eigenvalue weighted by Crippen LogP contribution is 2.38. The van der Waals surface area contributed by atoms with Crippen LogP contribution in [0.15, 0.2) is 18.5 Å². The molecule has 2 atom stereocenters. The summed E-state index contributed by atoms with van der Waals surface area (Å²) in [6.07, 6.45) is 6.45. The molecule has 1 aromatic heterocycles. The van der Waals surface area contributed by atoms with Gasteiger partial charge >= 0.3 is 0 Å². The topological polar surface area (TPSA) is 54.4 Å². The van der Waals surface area contributed by atoms with E-state index >= 15 is 0 Å². The van der Waals surface area contributed by atoms with E-state index in [1.54, 1.807) is 12.4 Å². The van der Waals surface area contributed by atoms with Crippen LogP contribution in [0.25, 0.3) is 0 Å². The smallest absolute Gasteiger partial charge is 0.131 e. The number of hydrogen-bond acceptors (Lipinski definition) is 4. The lowest BCUT2D eigenvalue weighted by Crippen LogP contribution is -2.52. The molecule has 1 aliphatic rings. The lowest BCUT2D eigenvalue weighted by atomic mass is 9.87. The van der Waals surface area contributed by atoms with E-state index in [-0.39, 0.29) is 6.04 Å². The van der Waals surface area contributed by atoms with Crippen molar-refractivity contribution in [3.63, 3.8) is 0 Å². The molecule has 106 valence electrons. The third-order valence-electron chi connectivity index (χ3n) is 3.69. The standard InChI is InChI=1S/C15H24N2O2/c1-4-5-6-8-17-13-11-10-16-9-7-12(11)19-15(2,3)14(13)18/h7,9-10,13-14,17-18H,4-6,8H2,1-3H3/t13-,14+/m0/s1. The molecule has 0 unspecified atom stereocenters. The van der Waals surface area contributed by atoms with Gasteiger partial charge in [0.2, 0.25) is 0 Å². The zero-order valence-corrected chi connectivity index (χ0v) is 12.0. The van der Waals surface area contributed by atoms with Gasteiger partial charge < -0.3 is 15.2 Å². The highest BCUT2D eigenvalue weighted by Gasteiger charge is 2.42. The van der Waals surface area contributed by atoms with Crippen LogP contribution in [-0.4, -0.2) is 28.3 Å². The Kier molecular flexibility index (Phi) is 4.42. The van der Waals surface area contributed by atoms with E-state index in [1.165, 1.54) is 12.8 Å². The Bertz CT molecular complexity index is 420. The van der Waals surface area contributed by atoms with Gasteiger partial charge in [-0.2, -0.15) is 0 Å². The number of aromatic nitrogens is 1. The first-order chi connectivity index (χ1) is 9.06. The first kappa shape index (κ1) is 14.3. The van der Waals surface area contributed by atoms with Crippen molar-refractivity contribution < 1.29 is 9.84 Å². The number of nitrogens with one attached hydrogen (secondary N) is 1. The first-order valence-electron chi connectivity index (χ1n) is 7.10. The van der Waals surface area contributed by atoms with E-state index in [9.17, 15) is 5.11 Å². The fourth-order valence-electron chi connectivity index (χ4n) is 2.49. The lowest BCUT2D eigenvalue weighted by Gasteiger charge is -2.42. The van der Waals surface area contributed by atoms with E-state index in [0.717, 1.165) is 24.3 Å². The Labute approximate surface area is 115 Å². The number of rotatable bonds is 5. The predicted octanol–water partition coefficient (Wildman–Crippen LogP) is 2.43. The van der Waals surface area contributed by atoms with Gasteiger partial charge in [-0.1, -0.05) is 19.8 Å². The summed E-state index contributed by atoms with van der Waals surface area (Å²) in [4.78, 5) is 4.14. The Hall–Kier alpha value is -1.13. The molecule has 0 fully saturated rings. The minimum atomic E-state index is -0.587. The van der Waals surface area contributed by atoms with Crippen molar-refractivity contribution in [1.82, 2.24) is 10.3 Å². The Morgan fingerprint density at radius 2 is 2.21 bits per heavy atom. The summed E-state index contributed by atoms with van der Waals surface area (Å²) in [5, 5.41) is 13.9. The molecule has 0 aliphatic carbocycles. The van der Waals surface area contributed by atoms with Crippen molar-refractivity contribution in [2.45, 2.75) is 57.8 Å². The summed E-state index contributed by atoms with van der Waals surface area (Å²) in [6, 6.07) is 1.76. The van der Waals surface area contributed by atoms with Crippen LogP contribution in [0.2, 0.25) is 0 Å². The second kappa shape index (κ2) is 5.88. The maximum Gasteiger partial charge on any atom is 0.131 e. The van der Waals surface area contributed by atoms with Crippen LogP contribution in [0.3, 0.4) is 0 Å². The van der Waals surface area contributed by atoms with Gasteiger partial charge in [-0.05, 0) is 32.9 Å². The van der Waals surface area contributed by atoms with Gasteiger partial charge in [0.1, 0.15) is 17.5 Å². The summed E-state index contributed by atoms with van der Waals surface area (Å²) in [7, 11) is 0. The Morgan fingerprint density at radius 3 is 2.95 bits per heavy atom. The number of aliphatic hydroxyl groups excluding tert-OH is 1. The molecule has 0 saturated heterocycles. The zero-order chi connectivity index (χ0) is 13.9. The van der Waals surface area contributed by atoms with Gasteiger partial charge in [-0.3, -0.25) is 4.98 Å². The molecule has 0 bridgehead atoms. The molecule has 2 rings (SSSR count). The van der Waals surface area contributed by atoms with E-state index in [4.69, 9.17) is 4.74 Å². The number of pyridine rings is 1. The van der Waals surface area contributed by atoms with E-state index in [2.05, 4.69) is 17.2 Å². The van der Waals surface area contributed by atoms with E-state index in [0.29, 0.717) is 0 Å². The molecular formula is C15H24N2O2. The van der Waals surface area contributed by atoms with Crippen molar-refractivity contribution in [1.29, 1.82) is 0 Å². The molecule has 0 saturated carbocycles. The third-order valence-corrected chi connectivity index (χ3v) is 3.69. The number of aliphatic hydroxyl groups is 1. The summed E-state index contributed by atoms with van der Waals surface area (Å²) in [5.41, 5.74) is 0.363. The van der Waals surface area contributed by atoms with Crippen LogP contribution in [-0.2, 0) is 0 Å². The monoisotopic (exact) mass is 264 g/mol. The maximum atomic E-state index is 10.5. The van der Waals surface area contributed by atoms with Crippen molar-refractivity contribution in [3.8, 4) is 5.75 Å². The molecule has 1 aromatic rings. The first-order valence-corrected chi connectivity index (χ1v) is 7.10. The highest BCUT2D eigenvalue weighted by molar-refractivity contribution is 5.37. The second-order valence-electron chi connectivity index (χ2n) is 5.70. The average molecular weight is 264 g/mol. The molecular weight excluding hydrogens is 240 g/mol. The largest absolute Gasteiger partial charge is 0.485 e. The number of ether oxygens (including phenoxy) is 1. The average Bonchev–Trinajstić information content (AvgIpc) is 2.38. The van der Waals surface area contributed by atoms with Gasteiger partial charge in [0.25, 0.3) is 0 Å². The number of unbranched alkanes of at least 4 members (excludes halogenated alkanes) is 2. The summed E-state index contributed by atoms with van der Waals surface area (Å²) >= 11 is 0. The van der Waals surface area contributed by atoms with Crippen LogP contribution in [0.4, 0.5) is 0 Å². The van der Waals surface area contributed by atoms with Crippen molar-refractivity contribution in [2.24, 2.45) is 0 Å². The van der Waals surface area contributed by atoms with Gasteiger partial charge in [0.05, 0.1) is 6.04 Å². The normalized spacial score (nSPS) is 24.6. The lowest BCUT2D eigenvalue weighted by molar-refractivity contribution is -0.0646. The van der Waals surface area contributed by atoms with Crippen LogP contribution in [0.5, 0.6) is 5.75 Å². The van der Waals surface area contributed by atoms with Crippen LogP contribution >= 0.6 is 0 Å². The van der Waals surface area contributed by atoms with Crippen molar-refractivity contribution in [3.05, 3.63) is 24.0 Å². The van der Waals surface area contributed by atoms with Crippen molar-refractivity contribution >= 4 is 0 Å². The molecule has 0 aromatic carbocycles. The summed E-state index contributed by atoms with van der Waals surface area (Å²) < 4.78 is 5.86. The fourth-order valence-corrected chi connectivity index (χ4v) is 2.49. The Morgan fingerprint density at radius 1 is 1.42 bits per heavy atom. The molecule has 1 aliphatic heterocycles. The SMILES string of the molecule is CCCCCN[C@H]1c2cnccc2OC(C)(C)[C@@H]1O. The highest BCUT2D eigenvalue weighted by atomic mass is 16.5. The summed E-state index contributed by atoms with van der Waals surface area (Å²) in [5.74, 6) is 0.818. The molecule has 0 radical (unpaired) electrons. The fraction of sp³-hybridized carbons (Fsp3) is 0.667. The molecule has 2 N–H and O–H groups in total. The van der Waals surface area contributed by atoms with Gasteiger partial charge in [0.15, 0.2) is 0 Å². The number of hydrogen-bond donors (Lipinski definition) is 2. The quantitative estimate of drug-likeness (QED) is 0.802. The molecule has 4 heteroatoms. The summed E-state index contributed by atoms with van der Waals surface area (Å²) in [6.45, 7) is 6.93. The van der Waals surface area contributed by atoms with Gasteiger partial charge in [-0.15, -0.1) is 0 Å². The number of nitrogens with zero attached hydrogens (tertiary/aromatic N) is 1. The number of fused-ring (bicyclic) bond motifs is 1. The van der Waals surface area contributed by atoms with Gasteiger partial charge in [0, 0.05) is 18.0 Å². The van der Waals surface area contributed by atoms with Crippen LogP contribution in [0.1, 0.15) is 51.6 Å². The van der Waals surface area contributed by atoms with Crippen LogP contribution in [0, 0.1) is 0 Å². The molecule has 19 heavy (non-hydrogen) atoms. The molecule has 0 amide bonds.